The van der Waals surface area contributed by atoms with Gasteiger partial charge in [-0.1, -0.05) is 12.1 Å². The van der Waals surface area contributed by atoms with Crippen molar-refractivity contribution in [2.45, 2.75) is 0 Å². The molecule has 4 N–H and O–H groups in total. The highest BCUT2D eigenvalue weighted by molar-refractivity contribution is 5.98. The van der Waals surface area contributed by atoms with Crippen LogP contribution in [0.15, 0.2) is 36.5 Å². The molecule has 0 spiro atoms. The van der Waals surface area contributed by atoms with Gasteiger partial charge in [-0.25, -0.2) is 4.98 Å². The predicted octanol–water partition coefficient (Wildman–Crippen LogP) is 1.13. The van der Waals surface area contributed by atoms with Gasteiger partial charge in [0.05, 0.1) is 5.56 Å². The van der Waals surface area contributed by atoms with Crippen LogP contribution in [0.5, 0.6) is 0 Å². The van der Waals surface area contributed by atoms with Crippen LogP contribution in [0.4, 0.5) is 5.82 Å². The Morgan fingerprint density at radius 1 is 1.10 bits per heavy atom. The van der Waals surface area contributed by atoms with Crippen LogP contribution < -0.4 is 11.5 Å². The second-order valence-corrected chi connectivity index (χ2v) is 4.80. The fourth-order valence-corrected chi connectivity index (χ4v) is 1.89. The van der Waals surface area contributed by atoms with Crippen molar-refractivity contribution >= 4 is 17.6 Å². The van der Waals surface area contributed by atoms with E-state index in [0.717, 1.165) is 5.56 Å². The Labute approximate surface area is 122 Å². The van der Waals surface area contributed by atoms with Crippen LogP contribution in [0.1, 0.15) is 20.7 Å². The van der Waals surface area contributed by atoms with Crippen molar-refractivity contribution in [3.63, 3.8) is 0 Å². The van der Waals surface area contributed by atoms with E-state index in [9.17, 15) is 9.59 Å². The number of carbonyl (C=O) groups excluding carboxylic acids is 2. The number of benzene rings is 1. The highest BCUT2D eigenvalue weighted by Gasteiger charge is 2.11. The minimum absolute atomic E-state index is 0.0743. The zero-order chi connectivity index (χ0) is 15.6. The van der Waals surface area contributed by atoms with Crippen LogP contribution in [-0.2, 0) is 0 Å². The van der Waals surface area contributed by atoms with Crippen molar-refractivity contribution in [3.05, 3.63) is 47.7 Å². The Morgan fingerprint density at radius 3 is 2.24 bits per heavy atom. The summed E-state index contributed by atoms with van der Waals surface area (Å²) in [6.07, 6.45) is 1.56. The van der Waals surface area contributed by atoms with Gasteiger partial charge in [0, 0.05) is 31.4 Å². The smallest absolute Gasteiger partial charge is 0.253 e. The average molecular weight is 284 g/mol. The van der Waals surface area contributed by atoms with Gasteiger partial charge in [-0.2, -0.15) is 0 Å². The number of carbonyl (C=O) groups is 2. The van der Waals surface area contributed by atoms with Crippen molar-refractivity contribution in [3.8, 4) is 11.1 Å². The minimum atomic E-state index is -0.624. The molecular weight excluding hydrogens is 268 g/mol. The Kier molecular flexibility index (Phi) is 3.89. The molecule has 0 aliphatic heterocycles. The fraction of sp³-hybridized carbons (Fsp3) is 0.133. The molecule has 1 aromatic heterocycles. The third-order valence-corrected chi connectivity index (χ3v) is 3.06. The third-order valence-electron chi connectivity index (χ3n) is 3.06. The van der Waals surface area contributed by atoms with Gasteiger partial charge in [0.25, 0.3) is 11.8 Å². The summed E-state index contributed by atoms with van der Waals surface area (Å²) in [4.78, 5) is 28.6. The Bertz CT molecular complexity index is 693. The zero-order valence-corrected chi connectivity index (χ0v) is 11.8. The summed E-state index contributed by atoms with van der Waals surface area (Å²) in [5, 5.41) is 0. The van der Waals surface area contributed by atoms with Crippen molar-refractivity contribution in [1.29, 1.82) is 0 Å². The maximum Gasteiger partial charge on any atom is 0.253 e. The Hall–Kier alpha value is -2.89. The molecule has 2 aromatic rings. The molecule has 108 valence electrons. The second-order valence-electron chi connectivity index (χ2n) is 4.80. The first kappa shape index (κ1) is 14.5. The largest absolute Gasteiger partial charge is 0.383 e. The maximum absolute atomic E-state index is 11.8. The average Bonchev–Trinajstić information content (AvgIpc) is 2.46. The summed E-state index contributed by atoms with van der Waals surface area (Å²) in [7, 11) is 3.39. The number of hydrogen-bond donors (Lipinski definition) is 2. The van der Waals surface area contributed by atoms with E-state index >= 15 is 0 Å². The number of aromatic nitrogens is 1. The topological polar surface area (TPSA) is 102 Å². The lowest BCUT2D eigenvalue weighted by Gasteiger charge is -2.11. The first-order valence-electron chi connectivity index (χ1n) is 6.27. The summed E-state index contributed by atoms with van der Waals surface area (Å²) in [5.41, 5.74) is 13.1. The van der Waals surface area contributed by atoms with E-state index in [2.05, 4.69) is 4.98 Å². The second kappa shape index (κ2) is 5.62. The van der Waals surface area contributed by atoms with Crippen LogP contribution in [0.3, 0.4) is 0 Å². The van der Waals surface area contributed by atoms with Gasteiger partial charge in [0.1, 0.15) is 5.82 Å². The first-order chi connectivity index (χ1) is 9.90. The van der Waals surface area contributed by atoms with E-state index in [4.69, 9.17) is 11.5 Å². The van der Waals surface area contributed by atoms with E-state index in [-0.39, 0.29) is 17.3 Å². The number of nitrogens with zero attached hydrogens (tertiary/aromatic N) is 2. The molecule has 6 nitrogen and oxygen atoms in total. The number of pyridine rings is 1. The highest BCUT2D eigenvalue weighted by Crippen LogP contribution is 2.22. The lowest BCUT2D eigenvalue weighted by molar-refractivity contribution is 0.0827. The predicted molar refractivity (Wildman–Crippen MR) is 80.6 cm³/mol. The van der Waals surface area contributed by atoms with Gasteiger partial charge >= 0.3 is 0 Å². The van der Waals surface area contributed by atoms with Crippen molar-refractivity contribution in [1.82, 2.24) is 9.88 Å². The first-order valence-corrected chi connectivity index (χ1v) is 6.27. The van der Waals surface area contributed by atoms with E-state index < -0.39 is 5.91 Å². The quantitative estimate of drug-likeness (QED) is 0.881. The molecule has 0 aliphatic rings. The molecule has 0 aliphatic carbocycles. The van der Waals surface area contributed by atoms with Crippen LogP contribution in [0, 0.1) is 0 Å². The molecule has 21 heavy (non-hydrogen) atoms. The number of rotatable bonds is 3. The number of nitrogens with two attached hydrogens (primary N) is 2. The number of anilines is 1. The molecule has 0 atom stereocenters. The molecule has 6 heteroatoms. The molecule has 0 saturated carbocycles. The Morgan fingerprint density at radius 2 is 1.71 bits per heavy atom. The van der Waals surface area contributed by atoms with Gasteiger partial charge in [0.2, 0.25) is 0 Å². The molecule has 0 saturated heterocycles. The van der Waals surface area contributed by atoms with E-state index in [1.807, 2.05) is 0 Å². The normalized spacial score (nSPS) is 10.2. The van der Waals surface area contributed by atoms with E-state index in [0.29, 0.717) is 11.1 Å². The van der Waals surface area contributed by atoms with E-state index in [1.54, 1.807) is 50.6 Å². The number of amides is 2. The van der Waals surface area contributed by atoms with Crippen LogP contribution in [-0.4, -0.2) is 35.8 Å². The minimum Gasteiger partial charge on any atom is -0.383 e. The van der Waals surface area contributed by atoms with Crippen LogP contribution in [0.25, 0.3) is 11.1 Å². The van der Waals surface area contributed by atoms with Gasteiger partial charge in [-0.3, -0.25) is 9.59 Å². The van der Waals surface area contributed by atoms with Gasteiger partial charge in [0.15, 0.2) is 0 Å². The van der Waals surface area contributed by atoms with Gasteiger partial charge < -0.3 is 16.4 Å². The fourth-order valence-electron chi connectivity index (χ4n) is 1.89. The molecule has 0 fully saturated rings. The van der Waals surface area contributed by atoms with E-state index in [1.165, 1.54) is 4.90 Å². The lowest BCUT2D eigenvalue weighted by atomic mass is 10.0. The van der Waals surface area contributed by atoms with Crippen LogP contribution >= 0.6 is 0 Å². The van der Waals surface area contributed by atoms with Crippen LogP contribution in [0.2, 0.25) is 0 Å². The standard InChI is InChI=1S/C15H16N4O2/c1-19(2)15(21)10-5-3-9(4-6-10)11-7-12(14(17)20)13(16)18-8-11/h3-8H,1-2H3,(H2,16,18)(H2,17,20). The maximum atomic E-state index is 11.8. The Balaban J connectivity index is 2.37. The zero-order valence-electron chi connectivity index (χ0n) is 11.8. The molecule has 1 heterocycles. The molecule has 1 aromatic carbocycles. The molecule has 2 rings (SSSR count). The van der Waals surface area contributed by atoms with Gasteiger partial charge in [-0.15, -0.1) is 0 Å². The number of nitrogen functional groups attached to an aromatic ring is 1. The summed E-state index contributed by atoms with van der Waals surface area (Å²) in [6.45, 7) is 0. The van der Waals surface area contributed by atoms with Crippen molar-refractivity contribution < 1.29 is 9.59 Å². The molecule has 0 unspecified atom stereocenters. The molecule has 2 amide bonds. The van der Waals surface area contributed by atoms with Gasteiger partial charge in [-0.05, 0) is 23.8 Å². The summed E-state index contributed by atoms with van der Waals surface area (Å²) < 4.78 is 0. The highest BCUT2D eigenvalue weighted by atomic mass is 16.2. The lowest BCUT2D eigenvalue weighted by Crippen LogP contribution is -2.21. The molecular formula is C15H16N4O2. The SMILES string of the molecule is CN(C)C(=O)c1ccc(-c2cnc(N)c(C(N)=O)c2)cc1. The number of hydrogen-bond acceptors (Lipinski definition) is 4. The summed E-state index contributed by atoms with van der Waals surface area (Å²) >= 11 is 0. The third kappa shape index (κ3) is 3.00. The molecule has 0 bridgehead atoms. The summed E-state index contributed by atoms with van der Waals surface area (Å²) in [6, 6.07) is 8.60. The van der Waals surface area contributed by atoms with Crippen molar-refractivity contribution in [2.24, 2.45) is 5.73 Å². The molecule has 0 radical (unpaired) electrons. The van der Waals surface area contributed by atoms with Crippen molar-refractivity contribution in [2.75, 3.05) is 19.8 Å². The summed E-state index contributed by atoms with van der Waals surface area (Å²) in [5.74, 6) is -0.596. The monoisotopic (exact) mass is 284 g/mol. The number of primary amides is 1.